The Morgan fingerprint density at radius 3 is 1.45 bits per heavy atom. The molecule has 0 fully saturated rings. The largest absolute Gasteiger partial charge is 0.519 e. The Labute approximate surface area is 135 Å². The molecule has 116 valence electrons. The van der Waals surface area contributed by atoms with Gasteiger partial charge < -0.3 is 9.47 Å². The quantitative estimate of drug-likeness (QED) is 0.491. The average Bonchev–Trinajstić information content (AvgIpc) is 2.47. The molecule has 0 bridgehead atoms. The van der Waals surface area contributed by atoms with Crippen LogP contribution in [0.15, 0.2) is 48.5 Å². The summed E-state index contributed by atoms with van der Waals surface area (Å²) in [6.07, 6.45) is -0.663. The first kappa shape index (κ1) is 16.5. The molecule has 0 atom stereocenters. The molecule has 0 amide bonds. The minimum Gasteiger partial charge on any atom is -0.395 e. The number of hydrogen-bond acceptors (Lipinski definition) is 3. The van der Waals surface area contributed by atoms with Crippen LogP contribution >= 0.6 is 0 Å². The zero-order valence-electron chi connectivity index (χ0n) is 13.5. The van der Waals surface area contributed by atoms with Crippen LogP contribution in [-0.2, 0) is 0 Å². The van der Waals surface area contributed by atoms with Gasteiger partial charge in [-0.15, -0.1) is 0 Å². The Morgan fingerprint density at radius 1 is 0.727 bits per heavy atom. The van der Waals surface area contributed by atoms with Gasteiger partial charge in [0.1, 0.15) is 11.5 Å². The topological polar surface area (TPSA) is 35.5 Å². The van der Waals surface area contributed by atoms with Gasteiger partial charge in [-0.3, -0.25) is 0 Å². The molecule has 0 N–H and O–H groups in total. The van der Waals surface area contributed by atoms with Crippen molar-refractivity contribution in [2.24, 2.45) is 0 Å². The van der Waals surface area contributed by atoms with Crippen molar-refractivity contribution in [3.05, 3.63) is 48.5 Å². The van der Waals surface area contributed by atoms with Gasteiger partial charge in [-0.1, -0.05) is 62.6 Å². The van der Waals surface area contributed by atoms with E-state index in [1.165, 1.54) is 0 Å². The van der Waals surface area contributed by atoms with Gasteiger partial charge in [0.2, 0.25) is 0 Å². The van der Waals surface area contributed by atoms with E-state index >= 15 is 0 Å². The summed E-state index contributed by atoms with van der Waals surface area (Å²) >= 11 is 0. The van der Waals surface area contributed by atoms with Crippen LogP contribution in [0.3, 0.4) is 0 Å². The molecule has 2 aromatic carbocycles. The van der Waals surface area contributed by atoms with Gasteiger partial charge in [-0.2, -0.15) is 0 Å². The number of ether oxygens (including phenoxy) is 2. The standard InChI is InChI=1S/C17H22O3Si2/c1-21(2)15-11-7-5-9-13(15)19-17(18)20-14-10-6-8-12-16(14)22(3)4/h5-12,21-22H,1-4H3. The fraction of sp³-hybridized carbons (Fsp3) is 0.235. The number of carbonyl (C=O) groups excluding carboxylic acids is 1. The molecule has 0 unspecified atom stereocenters. The van der Waals surface area contributed by atoms with Gasteiger partial charge in [0.05, 0.1) is 17.6 Å². The highest BCUT2D eigenvalue weighted by molar-refractivity contribution is 6.72. The Hall–Kier alpha value is -1.86. The highest BCUT2D eigenvalue weighted by Crippen LogP contribution is 2.13. The van der Waals surface area contributed by atoms with Gasteiger partial charge in [0, 0.05) is 0 Å². The number of para-hydroxylation sites is 2. The molecule has 0 saturated carbocycles. The molecule has 0 aliphatic carbocycles. The molecule has 0 spiro atoms. The second-order valence-electron chi connectivity index (χ2n) is 5.84. The predicted octanol–water partition coefficient (Wildman–Crippen LogP) is 2.65. The molecular formula is C17H22O3Si2. The summed E-state index contributed by atoms with van der Waals surface area (Å²) in [5.41, 5.74) is 0. The van der Waals surface area contributed by atoms with E-state index in [0.717, 1.165) is 10.4 Å². The summed E-state index contributed by atoms with van der Waals surface area (Å²) in [5.74, 6) is 1.24. The van der Waals surface area contributed by atoms with Crippen LogP contribution in [0.1, 0.15) is 0 Å². The first-order valence-electron chi connectivity index (χ1n) is 7.56. The van der Waals surface area contributed by atoms with E-state index in [1.54, 1.807) is 0 Å². The predicted molar refractivity (Wildman–Crippen MR) is 96.6 cm³/mol. The Balaban J connectivity index is 2.15. The minimum absolute atomic E-state index is 0.619. The molecule has 5 heteroatoms. The van der Waals surface area contributed by atoms with Crippen molar-refractivity contribution < 1.29 is 14.3 Å². The van der Waals surface area contributed by atoms with Crippen molar-refractivity contribution in [3.8, 4) is 11.5 Å². The molecular weight excluding hydrogens is 308 g/mol. The van der Waals surface area contributed by atoms with Crippen LogP contribution in [0.25, 0.3) is 0 Å². The van der Waals surface area contributed by atoms with Gasteiger partial charge in [0.25, 0.3) is 0 Å². The first-order chi connectivity index (χ1) is 10.5. The lowest BCUT2D eigenvalue weighted by Gasteiger charge is -2.14. The maximum Gasteiger partial charge on any atom is 0.519 e. The fourth-order valence-corrected chi connectivity index (χ4v) is 4.74. The molecule has 0 saturated heterocycles. The summed E-state index contributed by atoms with van der Waals surface area (Å²) in [7, 11) is -2.13. The summed E-state index contributed by atoms with van der Waals surface area (Å²) in [4.78, 5) is 12.1. The van der Waals surface area contributed by atoms with E-state index in [4.69, 9.17) is 9.47 Å². The zero-order chi connectivity index (χ0) is 16.1. The molecule has 2 aromatic rings. The van der Waals surface area contributed by atoms with Gasteiger partial charge in [-0.05, 0) is 22.5 Å². The third-order valence-corrected chi connectivity index (χ3v) is 6.91. The molecule has 22 heavy (non-hydrogen) atoms. The minimum atomic E-state index is -1.06. The van der Waals surface area contributed by atoms with E-state index in [-0.39, 0.29) is 0 Å². The Kier molecular flexibility index (Phi) is 5.57. The van der Waals surface area contributed by atoms with Crippen LogP contribution < -0.4 is 19.8 Å². The summed E-state index contributed by atoms with van der Waals surface area (Å²) in [5, 5.41) is 2.26. The highest BCUT2D eigenvalue weighted by Gasteiger charge is 2.16. The fourth-order valence-electron chi connectivity index (χ4n) is 2.30. The van der Waals surface area contributed by atoms with Gasteiger partial charge in [-0.25, -0.2) is 4.79 Å². The monoisotopic (exact) mass is 330 g/mol. The van der Waals surface area contributed by atoms with Crippen molar-refractivity contribution in [1.29, 1.82) is 0 Å². The normalized spacial score (nSPS) is 10.8. The molecule has 3 nitrogen and oxygen atoms in total. The van der Waals surface area contributed by atoms with Crippen LogP contribution in [-0.4, -0.2) is 23.7 Å². The number of hydrogen-bond donors (Lipinski definition) is 0. The summed E-state index contributed by atoms with van der Waals surface area (Å²) in [6, 6.07) is 15.4. The summed E-state index contributed by atoms with van der Waals surface area (Å²) in [6.45, 7) is 8.81. The Bertz CT molecular complexity index is 598. The van der Waals surface area contributed by atoms with E-state index in [9.17, 15) is 4.79 Å². The summed E-state index contributed by atoms with van der Waals surface area (Å²) < 4.78 is 10.9. The van der Waals surface area contributed by atoms with Crippen molar-refractivity contribution in [2.75, 3.05) is 0 Å². The third kappa shape index (κ3) is 4.08. The molecule has 0 aliphatic rings. The number of benzene rings is 2. The van der Waals surface area contributed by atoms with E-state index in [2.05, 4.69) is 26.2 Å². The second kappa shape index (κ2) is 7.42. The van der Waals surface area contributed by atoms with E-state index in [1.807, 2.05) is 48.5 Å². The third-order valence-electron chi connectivity index (χ3n) is 3.47. The average molecular weight is 331 g/mol. The van der Waals surface area contributed by atoms with Gasteiger partial charge >= 0.3 is 6.16 Å². The lowest BCUT2D eigenvalue weighted by molar-refractivity contribution is 0.152. The molecule has 2 rings (SSSR count). The lowest BCUT2D eigenvalue weighted by Crippen LogP contribution is -2.30. The maximum absolute atomic E-state index is 12.1. The highest BCUT2D eigenvalue weighted by atomic mass is 28.3. The van der Waals surface area contributed by atoms with Crippen molar-refractivity contribution in [3.63, 3.8) is 0 Å². The van der Waals surface area contributed by atoms with Gasteiger partial charge in [0.15, 0.2) is 0 Å². The van der Waals surface area contributed by atoms with Crippen molar-refractivity contribution in [2.45, 2.75) is 26.2 Å². The second-order valence-corrected chi connectivity index (χ2v) is 11.7. The molecule has 0 aromatic heterocycles. The van der Waals surface area contributed by atoms with Crippen LogP contribution in [0, 0.1) is 0 Å². The lowest BCUT2D eigenvalue weighted by atomic mass is 10.3. The Morgan fingerprint density at radius 2 is 1.09 bits per heavy atom. The molecule has 0 aliphatic heterocycles. The first-order valence-corrected chi connectivity index (χ1v) is 13.3. The number of carbonyl (C=O) groups is 1. The van der Waals surface area contributed by atoms with E-state index in [0.29, 0.717) is 11.5 Å². The smallest absolute Gasteiger partial charge is 0.395 e. The molecule has 0 radical (unpaired) electrons. The van der Waals surface area contributed by atoms with E-state index < -0.39 is 23.7 Å². The SMILES string of the molecule is C[SiH](C)c1ccccc1OC(=O)Oc1ccccc1[SiH](C)C. The van der Waals surface area contributed by atoms with Crippen molar-refractivity contribution in [1.82, 2.24) is 0 Å². The zero-order valence-corrected chi connectivity index (χ0v) is 15.8. The maximum atomic E-state index is 12.1. The van der Waals surface area contributed by atoms with Crippen LogP contribution in [0.2, 0.25) is 26.2 Å². The van der Waals surface area contributed by atoms with Crippen LogP contribution in [0.5, 0.6) is 11.5 Å². The van der Waals surface area contributed by atoms with Crippen molar-refractivity contribution >= 4 is 34.1 Å². The van der Waals surface area contributed by atoms with Crippen LogP contribution in [0.4, 0.5) is 4.79 Å². The number of rotatable bonds is 4. The molecule has 0 heterocycles.